The number of nitrogens with one attached hydrogen (secondary N) is 1. The predicted octanol–water partition coefficient (Wildman–Crippen LogP) is 2.69. The van der Waals surface area contributed by atoms with Crippen molar-refractivity contribution in [2.24, 2.45) is 5.41 Å². The minimum atomic E-state index is 0.152. The van der Waals surface area contributed by atoms with Crippen LogP contribution in [0.25, 0.3) is 10.9 Å². The van der Waals surface area contributed by atoms with E-state index in [0.29, 0.717) is 6.61 Å². The Hall–Kier alpha value is -1.48. The second kappa shape index (κ2) is 4.02. The molecule has 0 aliphatic heterocycles. The number of H-pyrrole nitrogens is 1. The molecule has 0 spiro atoms. The van der Waals surface area contributed by atoms with Crippen LogP contribution in [-0.4, -0.2) is 30.3 Å². The topological polar surface area (TPSA) is 39.3 Å². The minimum Gasteiger partial charge on any atom is -0.396 e. The SMILES string of the molecule is Cc1[nH]c2ccccc2c1N(C)CC1(CO)CC1. The molecule has 0 atom stereocenters. The Labute approximate surface area is 107 Å². The van der Waals surface area contributed by atoms with Gasteiger partial charge in [-0.2, -0.15) is 0 Å². The molecule has 0 saturated heterocycles. The van der Waals surface area contributed by atoms with Crippen molar-refractivity contribution in [3.05, 3.63) is 30.0 Å². The second-order valence-electron chi connectivity index (χ2n) is 5.66. The van der Waals surface area contributed by atoms with Crippen LogP contribution in [0.15, 0.2) is 24.3 Å². The van der Waals surface area contributed by atoms with Gasteiger partial charge in [0.2, 0.25) is 0 Å². The fourth-order valence-corrected chi connectivity index (χ4v) is 2.88. The van der Waals surface area contributed by atoms with E-state index in [2.05, 4.69) is 48.1 Å². The number of hydrogen-bond donors (Lipinski definition) is 2. The molecule has 0 bridgehead atoms. The molecule has 18 heavy (non-hydrogen) atoms. The lowest BCUT2D eigenvalue weighted by molar-refractivity contribution is 0.215. The standard InChI is InChI=1S/C15H20N2O/c1-11-14(12-5-3-4-6-13(12)16-11)17(2)9-15(10-18)7-8-15/h3-6,16,18H,7-10H2,1-2H3. The van der Waals surface area contributed by atoms with E-state index in [9.17, 15) is 5.11 Å². The number of aryl methyl sites for hydroxylation is 1. The maximum absolute atomic E-state index is 9.45. The Balaban J connectivity index is 1.95. The van der Waals surface area contributed by atoms with Gasteiger partial charge in [-0.3, -0.25) is 0 Å². The van der Waals surface area contributed by atoms with E-state index in [1.807, 2.05) is 0 Å². The number of hydrogen-bond acceptors (Lipinski definition) is 2. The minimum absolute atomic E-state index is 0.152. The maximum atomic E-state index is 9.45. The summed E-state index contributed by atoms with van der Waals surface area (Å²) in [4.78, 5) is 5.72. The van der Waals surface area contributed by atoms with Gasteiger partial charge in [-0.1, -0.05) is 18.2 Å². The zero-order valence-corrected chi connectivity index (χ0v) is 11.0. The molecule has 2 aromatic rings. The van der Waals surface area contributed by atoms with Crippen molar-refractivity contribution >= 4 is 16.6 Å². The molecule has 1 heterocycles. The van der Waals surface area contributed by atoms with Gasteiger partial charge in [-0.25, -0.2) is 0 Å². The summed E-state index contributed by atoms with van der Waals surface area (Å²) in [6.07, 6.45) is 2.30. The number of para-hydroxylation sites is 1. The van der Waals surface area contributed by atoms with E-state index in [-0.39, 0.29) is 5.41 Å². The number of aliphatic hydroxyl groups is 1. The van der Waals surface area contributed by atoms with Gasteiger partial charge in [-0.05, 0) is 25.8 Å². The summed E-state index contributed by atoms with van der Waals surface area (Å²) >= 11 is 0. The van der Waals surface area contributed by atoms with Crippen LogP contribution in [0.5, 0.6) is 0 Å². The largest absolute Gasteiger partial charge is 0.396 e. The first kappa shape index (κ1) is 11.6. The van der Waals surface area contributed by atoms with Gasteiger partial charge >= 0.3 is 0 Å². The predicted molar refractivity (Wildman–Crippen MR) is 75.1 cm³/mol. The molecule has 1 saturated carbocycles. The molecular weight excluding hydrogens is 224 g/mol. The van der Waals surface area contributed by atoms with Gasteiger partial charge < -0.3 is 15.0 Å². The van der Waals surface area contributed by atoms with Crippen molar-refractivity contribution in [1.29, 1.82) is 0 Å². The Bertz CT molecular complexity index is 569. The zero-order chi connectivity index (χ0) is 12.8. The summed E-state index contributed by atoms with van der Waals surface area (Å²) in [7, 11) is 2.12. The average Bonchev–Trinajstić information content (AvgIpc) is 3.03. The molecule has 0 unspecified atom stereocenters. The fraction of sp³-hybridized carbons (Fsp3) is 0.467. The Morgan fingerprint density at radius 2 is 2.06 bits per heavy atom. The van der Waals surface area contributed by atoms with Crippen molar-refractivity contribution in [3.63, 3.8) is 0 Å². The van der Waals surface area contributed by atoms with Crippen molar-refractivity contribution in [2.75, 3.05) is 25.1 Å². The summed E-state index contributed by atoms with van der Waals surface area (Å²) in [5.74, 6) is 0. The van der Waals surface area contributed by atoms with E-state index in [1.165, 1.54) is 22.3 Å². The first-order valence-electron chi connectivity index (χ1n) is 6.54. The average molecular weight is 244 g/mol. The van der Waals surface area contributed by atoms with Crippen molar-refractivity contribution < 1.29 is 5.11 Å². The number of fused-ring (bicyclic) bond motifs is 1. The molecule has 1 aliphatic carbocycles. The maximum Gasteiger partial charge on any atom is 0.0651 e. The molecule has 2 N–H and O–H groups in total. The molecule has 1 aromatic heterocycles. The number of aromatic nitrogens is 1. The van der Waals surface area contributed by atoms with Crippen LogP contribution in [0.4, 0.5) is 5.69 Å². The normalized spacial score (nSPS) is 17.1. The highest BCUT2D eigenvalue weighted by atomic mass is 16.3. The van der Waals surface area contributed by atoms with Crippen LogP contribution in [0.2, 0.25) is 0 Å². The lowest BCUT2D eigenvalue weighted by Crippen LogP contribution is -2.28. The smallest absolute Gasteiger partial charge is 0.0651 e. The summed E-state index contributed by atoms with van der Waals surface area (Å²) in [5, 5.41) is 10.7. The van der Waals surface area contributed by atoms with Crippen LogP contribution < -0.4 is 4.90 Å². The fourth-order valence-electron chi connectivity index (χ4n) is 2.88. The Morgan fingerprint density at radius 1 is 1.33 bits per heavy atom. The monoisotopic (exact) mass is 244 g/mol. The van der Waals surface area contributed by atoms with Crippen molar-refractivity contribution in [2.45, 2.75) is 19.8 Å². The highest BCUT2D eigenvalue weighted by Gasteiger charge is 2.43. The Kier molecular flexibility index (Phi) is 2.59. The molecule has 1 aliphatic rings. The van der Waals surface area contributed by atoms with E-state index >= 15 is 0 Å². The summed E-state index contributed by atoms with van der Waals surface area (Å²) < 4.78 is 0. The quantitative estimate of drug-likeness (QED) is 0.868. The van der Waals surface area contributed by atoms with E-state index < -0.39 is 0 Å². The highest BCUT2D eigenvalue weighted by molar-refractivity contribution is 5.94. The summed E-state index contributed by atoms with van der Waals surface area (Å²) in [6.45, 7) is 3.36. The molecule has 3 heteroatoms. The molecule has 0 radical (unpaired) electrons. The van der Waals surface area contributed by atoms with Crippen molar-refractivity contribution in [3.8, 4) is 0 Å². The molecule has 1 aromatic carbocycles. The molecule has 3 nitrogen and oxygen atoms in total. The van der Waals surface area contributed by atoms with E-state index in [0.717, 1.165) is 19.4 Å². The van der Waals surface area contributed by atoms with Crippen molar-refractivity contribution in [1.82, 2.24) is 4.98 Å². The molecule has 3 rings (SSSR count). The first-order valence-corrected chi connectivity index (χ1v) is 6.54. The number of benzene rings is 1. The van der Waals surface area contributed by atoms with Crippen LogP contribution in [0.3, 0.4) is 0 Å². The number of rotatable bonds is 4. The van der Waals surface area contributed by atoms with Crippen LogP contribution in [-0.2, 0) is 0 Å². The van der Waals surface area contributed by atoms with Gasteiger partial charge in [0.25, 0.3) is 0 Å². The van der Waals surface area contributed by atoms with Crippen LogP contribution in [0.1, 0.15) is 18.5 Å². The highest BCUT2D eigenvalue weighted by Crippen LogP contribution is 2.46. The lowest BCUT2D eigenvalue weighted by Gasteiger charge is -2.24. The van der Waals surface area contributed by atoms with Crippen LogP contribution >= 0.6 is 0 Å². The number of nitrogens with zero attached hydrogens (tertiary/aromatic N) is 1. The number of aromatic amines is 1. The van der Waals surface area contributed by atoms with E-state index in [1.54, 1.807) is 0 Å². The summed E-state index contributed by atoms with van der Waals surface area (Å²) in [6, 6.07) is 8.39. The van der Waals surface area contributed by atoms with Gasteiger partial charge in [0.1, 0.15) is 0 Å². The summed E-state index contributed by atoms with van der Waals surface area (Å²) in [5.41, 5.74) is 3.81. The third-order valence-corrected chi connectivity index (χ3v) is 4.11. The molecule has 96 valence electrons. The van der Waals surface area contributed by atoms with E-state index in [4.69, 9.17) is 0 Å². The lowest BCUT2D eigenvalue weighted by atomic mass is 10.1. The van der Waals surface area contributed by atoms with Gasteiger partial charge in [-0.15, -0.1) is 0 Å². The zero-order valence-electron chi connectivity index (χ0n) is 11.0. The molecular formula is C15H20N2O. The van der Waals surface area contributed by atoms with Crippen LogP contribution in [0, 0.1) is 12.3 Å². The van der Waals surface area contributed by atoms with Gasteiger partial charge in [0.05, 0.1) is 12.3 Å². The Morgan fingerprint density at radius 3 is 2.72 bits per heavy atom. The number of aliphatic hydroxyl groups excluding tert-OH is 1. The number of anilines is 1. The molecule has 0 amide bonds. The second-order valence-corrected chi connectivity index (χ2v) is 5.66. The third-order valence-electron chi connectivity index (χ3n) is 4.11. The van der Waals surface area contributed by atoms with Gasteiger partial charge in [0.15, 0.2) is 0 Å². The third kappa shape index (κ3) is 1.79. The molecule has 1 fully saturated rings. The van der Waals surface area contributed by atoms with Gasteiger partial charge in [0, 0.05) is 35.6 Å². The first-order chi connectivity index (χ1) is 8.65.